The average Bonchev–Trinajstić information content (AvgIpc) is 2.64. The topological polar surface area (TPSA) is 51.8 Å². The summed E-state index contributed by atoms with van der Waals surface area (Å²) in [6, 6.07) is 1.83. The van der Waals surface area contributed by atoms with Gasteiger partial charge in [0, 0.05) is 0 Å². The van der Waals surface area contributed by atoms with Crippen molar-refractivity contribution in [2.75, 3.05) is 17.2 Å². The number of anilines is 1. The molecule has 0 radical (unpaired) electrons. The molecule has 0 amide bonds. The molecule has 1 saturated heterocycles. The van der Waals surface area contributed by atoms with E-state index in [4.69, 9.17) is 17.3 Å². The predicted octanol–water partition coefficient (Wildman–Crippen LogP) is 2.01. The van der Waals surface area contributed by atoms with Crippen molar-refractivity contribution in [3.8, 4) is 0 Å². The zero-order valence-electron chi connectivity index (χ0n) is 7.74. The van der Waals surface area contributed by atoms with Crippen LogP contribution in [0.4, 0.5) is 5.82 Å². The Bertz CT molecular complexity index is 326. The van der Waals surface area contributed by atoms with Crippen LogP contribution >= 0.6 is 23.4 Å². The summed E-state index contributed by atoms with van der Waals surface area (Å²) in [5, 5.41) is 8.36. The van der Waals surface area contributed by atoms with Crippen LogP contribution in [-0.4, -0.2) is 21.7 Å². The molecule has 0 saturated carbocycles. The third kappa shape index (κ3) is 2.30. The molecule has 1 aliphatic heterocycles. The van der Waals surface area contributed by atoms with E-state index >= 15 is 0 Å². The fourth-order valence-corrected chi connectivity index (χ4v) is 3.00. The number of nitrogens with two attached hydrogens (primary N) is 1. The molecule has 0 spiro atoms. The zero-order chi connectivity index (χ0) is 9.97. The van der Waals surface area contributed by atoms with Crippen LogP contribution in [0.3, 0.4) is 0 Å². The molecule has 0 aromatic carbocycles. The molecule has 2 N–H and O–H groups in total. The van der Waals surface area contributed by atoms with Gasteiger partial charge in [-0.1, -0.05) is 11.6 Å². The first-order valence-corrected chi connectivity index (χ1v) is 6.14. The fourth-order valence-electron chi connectivity index (χ4n) is 1.55. The summed E-state index contributed by atoms with van der Waals surface area (Å²) in [4.78, 5) is 0. The SMILES string of the molecule is Nc1nnc(CC2CCSC2)cc1Cl. The summed E-state index contributed by atoms with van der Waals surface area (Å²) in [7, 11) is 0. The lowest BCUT2D eigenvalue weighted by atomic mass is 10.0. The summed E-state index contributed by atoms with van der Waals surface area (Å²) in [6.45, 7) is 0. The van der Waals surface area contributed by atoms with Gasteiger partial charge in [0.1, 0.15) is 0 Å². The molecule has 14 heavy (non-hydrogen) atoms. The molecule has 0 bridgehead atoms. The number of thioether (sulfide) groups is 1. The van der Waals surface area contributed by atoms with Gasteiger partial charge < -0.3 is 5.73 Å². The molecular formula is C9H12ClN3S. The smallest absolute Gasteiger partial charge is 0.164 e. The number of hydrogen-bond acceptors (Lipinski definition) is 4. The number of hydrogen-bond donors (Lipinski definition) is 1. The summed E-state index contributed by atoms with van der Waals surface area (Å²) in [5.41, 5.74) is 6.44. The van der Waals surface area contributed by atoms with Gasteiger partial charge in [0.05, 0.1) is 10.7 Å². The van der Waals surface area contributed by atoms with Gasteiger partial charge in [-0.25, -0.2) is 0 Å². The highest BCUT2D eigenvalue weighted by atomic mass is 35.5. The number of nitrogens with zero attached hydrogens (tertiary/aromatic N) is 2. The van der Waals surface area contributed by atoms with E-state index in [9.17, 15) is 0 Å². The second-order valence-electron chi connectivity index (χ2n) is 3.50. The Hall–Kier alpha value is -0.480. The molecule has 1 aromatic heterocycles. The zero-order valence-corrected chi connectivity index (χ0v) is 9.31. The van der Waals surface area contributed by atoms with E-state index in [-0.39, 0.29) is 0 Å². The molecule has 5 heteroatoms. The van der Waals surface area contributed by atoms with Crippen molar-refractivity contribution >= 4 is 29.2 Å². The molecule has 1 unspecified atom stereocenters. The highest BCUT2D eigenvalue weighted by Gasteiger charge is 2.17. The molecule has 1 fully saturated rings. The van der Waals surface area contributed by atoms with E-state index in [1.807, 2.05) is 17.8 Å². The molecule has 1 aliphatic rings. The van der Waals surface area contributed by atoms with Crippen LogP contribution in [0.2, 0.25) is 5.02 Å². The predicted molar refractivity (Wildman–Crippen MR) is 60.6 cm³/mol. The van der Waals surface area contributed by atoms with Crippen LogP contribution in [0.5, 0.6) is 0 Å². The lowest BCUT2D eigenvalue weighted by Gasteiger charge is -2.06. The van der Waals surface area contributed by atoms with Crippen molar-refractivity contribution in [2.45, 2.75) is 12.8 Å². The maximum atomic E-state index is 5.87. The first-order chi connectivity index (χ1) is 6.75. The van der Waals surface area contributed by atoms with Crippen LogP contribution in [0.25, 0.3) is 0 Å². The number of nitrogen functional groups attached to an aromatic ring is 1. The minimum absolute atomic E-state index is 0.316. The molecule has 1 aromatic rings. The van der Waals surface area contributed by atoms with E-state index < -0.39 is 0 Å². The van der Waals surface area contributed by atoms with Gasteiger partial charge in [-0.2, -0.15) is 16.9 Å². The number of aromatic nitrogens is 2. The Morgan fingerprint density at radius 3 is 3.07 bits per heavy atom. The standard InChI is InChI=1S/C9H12ClN3S/c10-8-4-7(12-13-9(8)11)3-6-1-2-14-5-6/h4,6H,1-3,5H2,(H2,11,13). The molecule has 2 rings (SSSR count). The molecule has 76 valence electrons. The van der Waals surface area contributed by atoms with Crippen LogP contribution in [-0.2, 0) is 6.42 Å². The van der Waals surface area contributed by atoms with Crippen molar-refractivity contribution in [3.05, 3.63) is 16.8 Å². The minimum Gasteiger partial charge on any atom is -0.381 e. The summed E-state index contributed by atoms with van der Waals surface area (Å²) < 4.78 is 0. The molecule has 3 nitrogen and oxygen atoms in total. The molecule has 1 atom stereocenters. The minimum atomic E-state index is 0.316. The van der Waals surface area contributed by atoms with Gasteiger partial charge in [-0.3, -0.25) is 0 Å². The highest BCUT2D eigenvalue weighted by molar-refractivity contribution is 7.99. The monoisotopic (exact) mass is 229 g/mol. The number of halogens is 1. The maximum Gasteiger partial charge on any atom is 0.164 e. The highest BCUT2D eigenvalue weighted by Crippen LogP contribution is 2.26. The van der Waals surface area contributed by atoms with Crippen molar-refractivity contribution < 1.29 is 0 Å². The third-order valence-corrected chi connectivity index (χ3v) is 3.88. The van der Waals surface area contributed by atoms with Gasteiger partial charge in [-0.15, -0.1) is 5.10 Å². The largest absolute Gasteiger partial charge is 0.381 e. The Morgan fingerprint density at radius 1 is 1.57 bits per heavy atom. The average molecular weight is 230 g/mol. The van der Waals surface area contributed by atoms with E-state index in [2.05, 4.69) is 10.2 Å². The summed E-state index contributed by atoms with van der Waals surface area (Å²) >= 11 is 7.87. The maximum absolute atomic E-state index is 5.87. The van der Waals surface area contributed by atoms with Crippen LogP contribution in [0, 0.1) is 5.92 Å². The van der Waals surface area contributed by atoms with Crippen molar-refractivity contribution in [1.29, 1.82) is 0 Å². The van der Waals surface area contributed by atoms with Gasteiger partial charge in [0.2, 0.25) is 0 Å². The molecular weight excluding hydrogens is 218 g/mol. The van der Waals surface area contributed by atoms with Crippen LogP contribution < -0.4 is 5.73 Å². The third-order valence-electron chi connectivity index (χ3n) is 2.35. The Kier molecular flexibility index (Phi) is 3.13. The van der Waals surface area contributed by atoms with Crippen molar-refractivity contribution in [3.63, 3.8) is 0 Å². The number of rotatable bonds is 2. The van der Waals surface area contributed by atoms with Crippen LogP contribution in [0.15, 0.2) is 6.07 Å². The van der Waals surface area contributed by atoms with E-state index in [1.54, 1.807) is 0 Å². The Morgan fingerprint density at radius 2 is 2.43 bits per heavy atom. The quantitative estimate of drug-likeness (QED) is 0.843. The van der Waals surface area contributed by atoms with Gasteiger partial charge in [0.15, 0.2) is 5.82 Å². The normalized spacial score (nSPS) is 21.4. The lowest BCUT2D eigenvalue weighted by molar-refractivity contribution is 0.582. The lowest BCUT2D eigenvalue weighted by Crippen LogP contribution is -2.06. The summed E-state index contributed by atoms with van der Waals surface area (Å²) in [5.74, 6) is 3.54. The van der Waals surface area contributed by atoms with Gasteiger partial charge in [-0.05, 0) is 36.3 Å². The second-order valence-corrected chi connectivity index (χ2v) is 5.06. The first kappa shape index (κ1) is 10.1. The van der Waals surface area contributed by atoms with Gasteiger partial charge in [0.25, 0.3) is 0 Å². The fraction of sp³-hybridized carbons (Fsp3) is 0.556. The first-order valence-electron chi connectivity index (χ1n) is 4.61. The summed E-state index contributed by atoms with van der Waals surface area (Å²) in [6.07, 6.45) is 2.24. The van der Waals surface area contributed by atoms with Crippen molar-refractivity contribution in [2.24, 2.45) is 5.92 Å². The Balaban J connectivity index is 2.05. The van der Waals surface area contributed by atoms with Gasteiger partial charge >= 0.3 is 0 Å². The van der Waals surface area contributed by atoms with E-state index in [0.717, 1.165) is 18.0 Å². The van der Waals surface area contributed by atoms with Crippen molar-refractivity contribution in [1.82, 2.24) is 10.2 Å². The molecule has 0 aliphatic carbocycles. The Labute approximate surface area is 92.4 Å². The van der Waals surface area contributed by atoms with Crippen LogP contribution in [0.1, 0.15) is 12.1 Å². The van der Waals surface area contributed by atoms with E-state index in [0.29, 0.717) is 10.8 Å². The van der Waals surface area contributed by atoms with E-state index in [1.165, 1.54) is 17.9 Å². The second kappa shape index (κ2) is 4.36. The molecule has 2 heterocycles.